The molecule has 4 heteroatoms. The van der Waals surface area contributed by atoms with Crippen LogP contribution in [0.4, 0.5) is 0 Å². The minimum Gasteiger partial charge on any atom is -0.484 e. The molecule has 0 amide bonds. The maximum atomic E-state index is 6.13. The number of halogens is 1. The molecule has 1 aliphatic rings. The van der Waals surface area contributed by atoms with Gasteiger partial charge in [-0.25, -0.2) is 0 Å². The topological polar surface area (TPSA) is 21.3 Å². The van der Waals surface area contributed by atoms with Crippen LogP contribution in [0.15, 0.2) is 30.3 Å². The highest BCUT2D eigenvalue weighted by Gasteiger charge is 2.29. The molecule has 19 heavy (non-hydrogen) atoms. The Labute approximate surface area is 122 Å². The molecule has 0 bridgehead atoms. The van der Waals surface area contributed by atoms with Gasteiger partial charge in [-0.05, 0) is 44.3 Å². The quantitative estimate of drug-likeness (QED) is 0.880. The van der Waals surface area contributed by atoms with E-state index in [0.29, 0.717) is 0 Å². The van der Waals surface area contributed by atoms with Gasteiger partial charge in [-0.15, -0.1) is 11.3 Å². The van der Waals surface area contributed by atoms with Crippen LogP contribution in [0, 0.1) is 6.92 Å². The monoisotopic (exact) mass is 293 g/mol. The lowest BCUT2D eigenvalue weighted by atomic mass is 9.96. The fourth-order valence-corrected chi connectivity index (χ4v) is 3.62. The molecular weight excluding hydrogens is 278 g/mol. The Balaban J connectivity index is 1.95. The highest BCUT2D eigenvalue weighted by molar-refractivity contribution is 7.12. The van der Waals surface area contributed by atoms with Crippen LogP contribution in [-0.2, 0) is 0 Å². The minimum atomic E-state index is 0.129. The van der Waals surface area contributed by atoms with Crippen LogP contribution in [-0.4, -0.2) is 7.05 Å². The van der Waals surface area contributed by atoms with E-state index in [1.807, 2.05) is 25.2 Å². The van der Waals surface area contributed by atoms with Gasteiger partial charge in [0.2, 0.25) is 0 Å². The molecule has 2 aromatic rings. The number of fused-ring (bicyclic) bond motifs is 1. The fraction of sp³-hybridized carbons (Fsp3) is 0.333. The summed E-state index contributed by atoms with van der Waals surface area (Å²) in [6.07, 6.45) is 1.06. The molecule has 100 valence electrons. The number of ether oxygens (including phenoxy) is 1. The zero-order valence-corrected chi connectivity index (χ0v) is 12.5. The molecule has 3 rings (SSSR count). The highest BCUT2D eigenvalue weighted by atomic mass is 35.5. The Morgan fingerprint density at radius 1 is 1.32 bits per heavy atom. The molecule has 2 atom stereocenters. The van der Waals surface area contributed by atoms with E-state index in [1.165, 1.54) is 9.75 Å². The lowest BCUT2D eigenvalue weighted by molar-refractivity contribution is 0.157. The lowest BCUT2D eigenvalue weighted by Gasteiger charge is -2.31. The third-order valence-corrected chi connectivity index (χ3v) is 4.82. The van der Waals surface area contributed by atoms with Crippen LogP contribution in [0.25, 0.3) is 0 Å². The van der Waals surface area contributed by atoms with Gasteiger partial charge in [-0.1, -0.05) is 11.6 Å². The maximum Gasteiger partial charge on any atom is 0.135 e. The second kappa shape index (κ2) is 5.16. The van der Waals surface area contributed by atoms with Crippen molar-refractivity contribution in [1.82, 2.24) is 5.32 Å². The third-order valence-electron chi connectivity index (χ3n) is 3.49. The van der Waals surface area contributed by atoms with E-state index in [0.717, 1.165) is 22.8 Å². The van der Waals surface area contributed by atoms with Crippen molar-refractivity contribution in [1.29, 1.82) is 0 Å². The van der Waals surface area contributed by atoms with Gasteiger partial charge in [0.05, 0.1) is 0 Å². The smallest absolute Gasteiger partial charge is 0.135 e. The first kappa shape index (κ1) is 13.0. The molecule has 0 saturated carbocycles. The molecule has 1 N–H and O–H groups in total. The summed E-state index contributed by atoms with van der Waals surface area (Å²) < 4.78 is 6.13. The van der Waals surface area contributed by atoms with Crippen molar-refractivity contribution >= 4 is 22.9 Å². The minimum absolute atomic E-state index is 0.129. The van der Waals surface area contributed by atoms with Crippen molar-refractivity contribution in [2.75, 3.05) is 7.05 Å². The molecule has 0 spiro atoms. The molecule has 1 aromatic carbocycles. The Bertz CT molecular complexity index is 596. The van der Waals surface area contributed by atoms with Gasteiger partial charge in [-0.2, -0.15) is 0 Å². The number of nitrogens with one attached hydrogen (secondary N) is 1. The highest BCUT2D eigenvalue weighted by Crippen LogP contribution is 2.43. The first-order valence-corrected chi connectivity index (χ1v) is 7.56. The molecule has 2 unspecified atom stereocenters. The van der Waals surface area contributed by atoms with Crippen LogP contribution >= 0.6 is 22.9 Å². The van der Waals surface area contributed by atoms with Crippen molar-refractivity contribution in [3.05, 3.63) is 50.7 Å². The Morgan fingerprint density at radius 3 is 2.84 bits per heavy atom. The predicted octanol–water partition coefficient (Wildman–Crippen LogP) is 4.49. The van der Waals surface area contributed by atoms with Crippen LogP contribution < -0.4 is 10.1 Å². The number of thiophene rings is 1. The van der Waals surface area contributed by atoms with Gasteiger partial charge >= 0.3 is 0 Å². The van der Waals surface area contributed by atoms with Gasteiger partial charge in [-0.3, -0.25) is 0 Å². The molecule has 1 aliphatic heterocycles. The van der Waals surface area contributed by atoms with Crippen LogP contribution in [0.5, 0.6) is 5.75 Å². The van der Waals surface area contributed by atoms with Crippen molar-refractivity contribution < 1.29 is 4.74 Å². The van der Waals surface area contributed by atoms with Gasteiger partial charge < -0.3 is 10.1 Å². The van der Waals surface area contributed by atoms with Gasteiger partial charge in [0.15, 0.2) is 0 Å². The lowest BCUT2D eigenvalue weighted by Crippen LogP contribution is -2.26. The van der Waals surface area contributed by atoms with Crippen molar-refractivity contribution in [3.8, 4) is 5.75 Å². The molecule has 0 saturated heterocycles. The standard InChI is InChI=1S/C15H16ClNOS/c1-9-3-6-15(19-9)14-8-12(17-2)11-7-10(16)4-5-13(11)18-14/h3-7,12,14,17H,8H2,1-2H3. The summed E-state index contributed by atoms with van der Waals surface area (Å²) in [6, 6.07) is 10.4. The summed E-state index contributed by atoms with van der Waals surface area (Å²) >= 11 is 7.88. The average Bonchev–Trinajstić information content (AvgIpc) is 2.84. The molecule has 1 aromatic heterocycles. The summed E-state index contributed by atoms with van der Waals surface area (Å²) in [5.41, 5.74) is 1.15. The first-order valence-electron chi connectivity index (χ1n) is 6.37. The van der Waals surface area contributed by atoms with E-state index in [2.05, 4.69) is 24.4 Å². The number of benzene rings is 1. The summed E-state index contributed by atoms with van der Waals surface area (Å²) in [4.78, 5) is 2.61. The van der Waals surface area contributed by atoms with Crippen LogP contribution in [0.3, 0.4) is 0 Å². The maximum absolute atomic E-state index is 6.13. The molecule has 0 radical (unpaired) electrons. The molecular formula is C15H16ClNOS. The summed E-state index contributed by atoms with van der Waals surface area (Å²) in [7, 11) is 1.98. The van der Waals surface area contributed by atoms with Gasteiger partial charge in [0.1, 0.15) is 11.9 Å². The summed E-state index contributed by atoms with van der Waals surface area (Å²) in [5.74, 6) is 0.936. The number of hydrogen-bond acceptors (Lipinski definition) is 3. The van der Waals surface area contributed by atoms with Gasteiger partial charge in [0.25, 0.3) is 0 Å². The summed E-state index contributed by atoms with van der Waals surface area (Å²) in [6.45, 7) is 2.13. The van der Waals surface area contributed by atoms with Crippen LogP contribution in [0.1, 0.15) is 33.9 Å². The summed E-state index contributed by atoms with van der Waals surface area (Å²) in [5, 5.41) is 4.12. The third kappa shape index (κ3) is 2.50. The zero-order chi connectivity index (χ0) is 13.4. The normalized spacial score (nSPS) is 21.8. The van der Waals surface area contributed by atoms with E-state index in [-0.39, 0.29) is 12.1 Å². The Kier molecular flexibility index (Phi) is 3.52. The van der Waals surface area contributed by atoms with Crippen LogP contribution in [0.2, 0.25) is 5.02 Å². The first-order chi connectivity index (χ1) is 9.17. The van der Waals surface area contributed by atoms with E-state index < -0.39 is 0 Å². The van der Waals surface area contributed by atoms with E-state index in [9.17, 15) is 0 Å². The van der Waals surface area contributed by atoms with Crippen molar-refractivity contribution in [3.63, 3.8) is 0 Å². The SMILES string of the molecule is CNC1CC(c2ccc(C)s2)Oc2ccc(Cl)cc21. The second-order valence-electron chi connectivity index (χ2n) is 4.81. The van der Waals surface area contributed by atoms with E-state index in [1.54, 1.807) is 11.3 Å². The molecule has 2 heterocycles. The second-order valence-corrected chi connectivity index (χ2v) is 6.57. The zero-order valence-electron chi connectivity index (χ0n) is 10.9. The molecule has 0 fully saturated rings. The number of rotatable bonds is 2. The average molecular weight is 294 g/mol. The van der Waals surface area contributed by atoms with Gasteiger partial charge in [0, 0.05) is 32.8 Å². The van der Waals surface area contributed by atoms with Crippen molar-refractivity contribution in [2.45, 2.75) is 25.5 Å². The fourth-order valence-electron chi connectivity index (χ4n) is 2.52. The van der Waals surface area contributed by atoms with E-state index in [4.69, 9.17) is 16.3 Å². The number of aryl methyl sites for hydroxylation is 1. The Hall–Kier alpha value is -1.03. The van der Waals surface area contributed by atoms with E-state index >= 15 is 0 Å². The number of hydrogen-bond donors (Lipinski definition) is 1. The van der Waals surface area contributed by atoms with Crippen molar-refractivity contribution in [2.24, 2.45) is 0 Å². The molecule has 0 aliphatic carbocycles. The molecule has 2 nitrogen and oxygen atoms in total. The predicted molar refractivity (Wildman–Crippen MR) is 80.3 cm³/mol. The Morgan fingerprint density at radius 2 is 2.16 bits per heavy atom. The largest absolute Gasteiger partial charge is 0.484 e.